The fourth-order valence-electron chi connectivity index (χ4n) is 2.49. The van der Waals surface area contributed by atoms with Gasteiger partial charge in [0.05, 0.1) is 20.3 Å². The summed E-state index contributed by atoms with van der Waals surface area (Å²) in [5.74, 6) is 1.19. The molecule has 1 rings (SSSR count). The number of hydrogen-bond donors (Lipinski definition) is 1. The lowest BCUT2D eigenvalue weighted by molar-refractivity contribution is -0.142. The summed E-state index contributed by atoms with van der Waals surface area (Å²) in [6, 6.07) is 5.20. The summed E-state index contributed by atoms with van der Waals surface area (Å²) in [5.41, 5.74) is 6.94. The predicted octanol–water partition coefficient (Wildman–Crippen LogP) is 2.87. The first-order chi connectivity index (χ1) is 10.6. The number of carbonyl (C=O) groups is 1. The van der Waals surface area contributed by atoms with E-state index < -0.39 is 12.0 Å². The Bertz CT molecular complexity index is 476. The minimum atomic E-state index is -0.639. The highest BCUT2D eigenvalue weighted by Gasteiger charge is 2.24. The first-order valence-corrected chi connectivity index (χ1v) is 7.80. The van der Waals surface area contributed by atoms with Crippen molar-refractivity contribution >= 4 is 5.97 Å². The molecule has 0 fully saturated rings. The summed E-state index contributed by atoms with van der Waals surface area (Å²) in [6.45, 7) is 7.07. The summed E-state index contributed by atoms with van der Waals surface area (Å²) in [5, 5.41) is 0. The van der Waals surface area contributed by atoms with Crippen LogP contribution in [-0.2, 0) is 9.53 Å². The highest BCUT2D eigenvalue weighted by Crippen LogP contribution is 2.39. The van der Waals surface area contributed by atoms with Gasteiger partial charge in [-0.05, 0) is 38.7 Å². The quantitative estimate of drug-likeness (QED) is 0.710. The van der Waals surface area contributed by atoms with Gasteiger partial charge in [-0.25, -0.2) is 0 Å². The Labute approximate surface area is 132 Å². The largest absolute Gasteiger partial charge is 0.490 e. The van der Waals surface area contributed by atoms with Crippen LogP contribution in [0.4, 0.5) is 0 Å². The second-order valence-electron chi connectivity index (χ2n) is 5.01. The molecule has 0 saturated carbocycles. The van der Waals surface area contributed by atoms with Crippen molar-refractivity contribution in [2.24, 2.45) is 5.73 Å². The third-order valence-corrected chi connectivity index (χ3v) is 3.57. The van der Waals surface area contributed by atoms with Crippen LogP contribution in [0, 0.1) is 0 Å². The van der Waals surface area contributed by atoms with E-state index in [1.165, 1.54) is 7.11 Å². The second-order valence-corrected chi connectivity index (χ2v) is 5.01. The van der Waals surface area contributed by atoms with Crippen molar-refractivity contribution < 1.29 is 19.0 Å². The Morgan fingerprint density at radius 1 is 1.18 bits per heavy atom. The first-order valence-electron chi connectivity index (χ1n) is 7.80. The van der Waals surface area contributed by atoms with Crippen LogP contribution in [-0.4, -0.2) is 32.3 Å². The average Bonchev–Trinajstić information content (AvgIpc) is 2.53. The van der Waals surface area contributed by atoms with E-state index in [9.17, 15) is 4.79 Å². The molecule has 0 radical (unpaired) electrons. The van der Waals surface area contributed by atoms with Crippen molar-refractivity contribution in [2.45, 2.75) is 45.6 Å². The standard InChI is InChI=1S/C17H27NO4/c1-5-12(11-14(18)17(19)20-4)13-9-8-10-15(21-6-2)16(13)22-7-3/h8-10,12,14H,5-7,11,18H2,1-4H3. The van der Waals surface area contributed by atoms with Crippen LogP contribution in [0.25, 0.3) is 0 Å². The van der Waals surface area contributed by atoms with Gasteiger partial charge in [0.25, 0.3) is 0 Å². The molecular weight excluding hydrogens is 282 g/mol. The molecule has 5 heteroatoms. The van der Waals surface area contributed by atoms with Crippen molar-refractivity contribution in [2.75, 3.05) is 20.3 Å². The van der Waals surface area contributed by atoms with E-state index in [4.69, 9.17) is 19.9 Å². The number of esters is 1. The molecule has 1 aromatic carbocycles. The van der Waals surface area contributed by atoms with E-state index >= 15 is 0 Å². The molecule has 1 aromatic rings. The van der Waals surface area contributed by atoms with Gasteiger partial charge in [0.15, 0.2) is 11.5 Å². The molecule has 0 aliphatic heterocycles. The maximum atomic E-state index is 11.6. The van der Waals surface area contributed by atoms with Crippen LogP contribution in [0.3, 0.4) is 0 Å². The molecular formula is C17H27NO4. The first kappa shape index (κ1) is 18.3. The smallest absolute Gasteiger partial charge is 0.322 e. The Kier molecular flexibility index (Phi) is 7.74. The maximum Gasteiger partial charge on any atom is 0.322 e. The van der Waals surface area contributed by atoms with Crippen LogP contribution in [0.2, 0.25) is 0 Å². The van der Waals surface area contributed by atoms with Crippen LogP contribution >= 0.6 is 0 Å². The Hall–Kier alpha value is -1.75. The zero-order valence-electron chi connectivity index (χ0n) is 13.9. The molecule has 0 spiro atoms. The van der Waals surface area contributed by atoms with Gasteiger partial charge in [-0.15, -0.1) is 0 Å². The molecule has 0 bridgehead atoms. The molecule has 0 heterocycles. The third kappa shape index (κ3) is 4.63. The SMILES string of the molecule is CCOc1cccc(C(CC)CC(N)C(=O)OC)c1OCC. The molecule has 0 aliphatic carbocycles. The van der Waals surface area contributed by atoms with Crippen LogP contribution < -0.4 is 15.2 Å². The molecule has 0 aliphatic rings. The Morgan fingerprint density at radius 2 is 1.86 bits per heavy atom. The van der Waals surface area contributed by atoms with E-state index in [-0.39, 0.29) is 5.92 Å². The van der Waals surface area contributed by atoms with E-state index in [0.29, 0.717) is 19.6 Å². The van der Waals surface area contributed by atoms with Crippen LogP contribution in [0.1, 0.15) is 45.1 Å². The van der Waals surface area contributed by atoms with Gasteiger partial charge in [-0.2, -0.15) is 0 Å². The molecule has 0 aromatic heterocycles. The van der Waals surface area contributed by atoms with Gasteiger partial charge in [-0.3, -0.25) is 4.79 Å². The summed E-state index contributed by atoms with van der Waals surface area (Å²) in [6.07, 6.45) is 1.36. The summed E-state index contributed by atoms with van der Waals surface area (Å²) in [7, 11) is 1.35. The third-order valence-electron chi connectivity index (χ3n) is 3.57. The lowest BCUT2D eigenvalue weighted by Crippen LogP contribution is -2.33. The monoisotopic (exact) mass is 309 g/mol. The van der Waals surface area contributed by atoms with Crippen molar-refractivity contribution in [3.63, 3.8) is 0 Å². The topological polar surface area (TPSA) is 70.8 Å². The van der Waals surface area contributed by atoms with Gasteiger partial charge < -0.3 is 19.9 Å². The van der Waals surface area contributed by atoms with E-state index in [1.807, 2.05) is 32.0 Å². The maximum absolute atomic E-state index is 11.6. The number of benzene rings is 1. The van der Waals surface area contributed by atoms with Gasteiger partial charge in [0.2, 0.25) is 0 Å². The summed E-state index contributed by atoms with van der Waals surface area (Å²) < 4.78 is 16.2. The van der Waals surface area contributed by atoms with Gasteiger partial charge >= 0.3 is 5.97 Å². The Balaban J connectivity index is 3.09. The Morgan fingerprint density at radius 3 is 2.41 bits per heavy atom. The van der Waals surface area contributed by atoms with Gasteiger partial charge in [0.1, 0.15) is 6.04 Å². The minimum absolute atomic E-state index is 0.107. The highest BCUT2D eigenvalue weighted by molar-refractivity contribution is 5.75. The zero-order chi connectivity index (χ0) is 16.5. The lowest BCUT2D eigenvalue weighted by Gasteiger charge is -2.23. The predicted molar refractivity (Wildman–Crippen MR) is 86.4 cm³/mol. The van der Waals surface area contributed by atoms with E-state index in [1.54, 1.807) is 0 Å². The lowest BCUT2D eigenvalue weighted by atomic mass is 9.89. The van der Waals surface area contributed by atoms with Crippen molar-refractivity contribution in [1.82, 2.24) is 0 Å². The van der Waals surface area contributed by atoms with Crippen LogP contribution in [0.5, 0.6) is 11.5 Å². The van der Waals surface area contributed by atoms with E-state index in [2.05, 4.69) is 6.92 Å². The molecule has 2 atom stereocenters. The average molecular weight is 309 g/mol. The number of carbonyl (C=O) groups excluding carboxylic acids is 1. The fraction of sp³-hybridized carbons (Fsp3) is 0.588. The summed E-state index contributed by atoms with van der Waals surface area (Å²) in [4.78, 5) is 11.6. The number of nitrogens with two attached hydrogens (primary N) is 1. The molecule has 22 heavy (non-hydrogen) atoms. The summed E-state index contributed by atoms with van der Waals surface area (Å²) >= 11 is 0. The minimum Gasteiger partial charge on any atom is -0.490 e. The fourth-order valence-corrected chi connectivity index (χ4v) is 2.49. The van der Waals surface area contributed by atoms with Crippen molar-refractivity contribution in [1.29, 1.82) is 0 Å². The number of ether oxygens (including phenoxy) is 3. The van der Waals surface area contributed by atoms with Crippen molar-refractivity contribution in [3.8, 4) is 11.5 Å². The molecule has 0 saturated heterocycles. The number of rotatable bonds is 9. The molecule has 124 valence electrons. The number of para-hydroxylation sites is 1. The highest BCUT2D eigenvalue weighted by atomic mass is 16.5. The van der Waals surface area contributed by atoms with Gasteiger partial charge in [0, 0.05) is 5.56 Å². The second kappa shape index (κ2) is 9.30. The number of hydrogen-bond acceptors (Lipinski definition) is 5. The molecule has 2 unspecified atom stereocenters. The molecule has 5 nitrogen and oxygen atoms in total. The molecule has 0 amide bonds. The zero-order valence-corrected chi connectivity index (χ0v) is 13.9. The normalized spacial score (nSPS) is 13.3. The van der Waals surface area contributed by atoms with E-state index in [0.717, 1.165) is 23.5 Å². The number of methoxy groups -OCH3 is 1. The van der Waals surface area contributed by atoms with Gasteiger partial charge in [-0.1, -0.05) is 19.1 Å². The van der Waals surface area contributed by atoms with Crippen LogP contribution in [0.15, 0.2) is 18.2 Å². The van der Waals surface area contributed by atoms with Crippen molar-refractivity contribution in [3.05, 3.63) is 23.8 Å². The molecule has 2 N–H and O–H groups in total.